The minimum absolute atomic E-state index is 0.544. The first-order valence-corrected chi connectivity index (χ1v) is 7.37. The summed E-state index contributed by atoms with van der Waals surface area (Å²) in [7, 11) is 0. The van der Waals surface area contributed by atoms with Crippen LogP contribution in [0.1, 0.15) is 55.5 Å². The molecule has 0 unspecified atom stereocenters. The van der Waals surface area contributed by atoms with Gasteiger partial charge in [0.25, 0.3) is 0 Å². The van der Waals surface area contributed by atoms with Crippen LogP contribution in [0.3, 0.4) is 0 Å². The molecule has 0 saturated heterocycles. The van der Waals surface area contributed by atoms with Crippen molar-refractivity contribution in [2.45, 2.75) is 46.5 Å². The first-order chi connectivity index (χ1) is 8.49. The molecule has 0 radical (unpaired) electrons. The molecule has 0 saturated carbocycles. The van der Waals surface area contributed by atoms with Crippen LogP contribution in [-0.2, 0) is 0 Å². The Labute approximate surface area is 114 Å². The monoisotopic (exact) mass is 259 g/mol. The zero-order chi connectivity index (χ0) is 13.3. The van der Waals surface area contributed by atoms with Crippen molar-refractivity contribution in [1.29, 1.82) is 0 Å². The maximum Gasteiger partial charge on any atom is 0.0802 e. The van der Waals surface area contributed by atoms with Crippen LogP contribution in [0.5, 0.6) is 0 Å². The molecule has 0 aliphatic carbocycles. The lowest BCUT2D eigenvalue weighted by Crippen LogP contribution is -1.89. The number of pyridine rings is 1. The Balaban J connectivity index is 2.34. The van der Waals surface area contributed by atoms with Crippen LogP contribution in [0.4, 0.5) is 0 Å². The summed E-state index contributed by atoms with van der Waals surface area (Å²) in [5, 5.41) is 0. The lowest BCUT2D eigenvalue weighted by Gasteiger charge is -2.05. The molecule has 2 heteroatoms. The van der Waals surface area contributed by atoms with Crippen molar-refractivity contribution < 1.29 is 0 Å². The van der Waals surface area contributed by atoms with Gasteiger partial charge in [0.05, 0.1) is 10.6 Å². The standard InChI is InChI=1S/C16H21NS/c1-10(2)13-6-7-14(17-9-13)15-8-12(5)16(18-15)11(3)4/h6-11H,1-5H3. The number of nitrogens with zero attached hydrogens (tertiary/aromatic N) is 1. The highest BCUT2D eigenvalue weighted by Gasteiger charge is 2.11. The number of thiophene rings is 1. The summed E-state index contributed by atoms with van der Waals surface area (Å²) in [5.74, 6) is 1.14. The lowest BCUT2D eigenvalue weighted by molar-refractivity contribution is 0.859. The molecule has 0 atom stereocenters. The van der Waals surface area contributed by atoms with Crippen LogP contribution in [0.25, 0.3) is 10.6 Å². The van der Waals surface area contributed by atoms with E-state index in [9.17, 15) is 0 Å². The number of hydrogen-bond acceptors (Lipinski definition) is 2. The first-order valence-electron chi connectivity index (χ1n) is 6.55. The highest BCUT2D eigenvalue weighted by molar-refractivity contribution is 7.15. The SMILES string of the molecule is Cc1cc(-c2ccc(C(C)C)cn2)sc1C(C)C. The molecule has 0 amide bonds. The van der Waals surface area contributed by atoms with Crippen molar-refractivity contribution in [3.05, 3.63) is 40.4 Å². The van der Waals surface area contributed by atoms with E-state index in [1.165, 1.54) is 20.9 Å². The summed E-state index contributed by atoms with van der Waals surface area (Å²) in [6, 6.07) is 6.60. The Hall–Kier alpha value is -1.15. The third-order valence-corrected chi connectivity index (χ3v) is 4.75. The van der Waals surface area contributed by atoms with Gasteiger partial charge >= 0.3 is 0 Å². The lowest BCUT2D eigenvalue weighted by atomic mass is 10.1. The van der Waals surface area contributed by atoms with Crippen molar-refractivity contribution in [3.63, 3.8) is 0 Å². The van der Waals surface area contributed by atoms with Crippen molar-refractivity contribution in [1.82, 2.24) is 4.98 Å². The third-order valence-electron chi connectivity index (χ3n) is 3.19. The average Bonchev–Trinajstić information content (AvgIpc) is 2.71. The van der Waals surface area contributed by atoms with Crippen molar-refractivity contribution in [2.75, 3.05) is 0 Å². The summed E-state index contributed by atoms with van der Waals surface area (Å²) >= 11 is 1.87. The molecule has 2 heterocycles. The van der Waals surface area contributed by atoms with E-state index in [0.717, 1.165) is 5.69 Å². The first kappa shape index (κ1) is 13.3. The Morgan fingerprint density at radius 3 is 2.22 bits per heavy atom. The van der Waals surface area contributed by atoms with Crippen LogP contribution in [0.2, 0.25) is 0 Å². The van der Waals surface area contributed by atoms with Gasteiger partial charge in [0.2, 0.25) is 0 Å². The molecular formula is C16H21NS. The summed E-state index contributed by atoms with van der Waals surface area (Å²) in [4.78, 5) is 7.35. The Morgan fingerprint density at radius 2 is 1.78 bits per heavy atom. The molecule has 96 valence electrons. The van der Waals surface area contributed by atoms with Gasteiger partial charge in [0, 0.05) is 11.1 Å². The molecule has 0 bridgehead atoms. The van der Waals surface area contributed by atoms with E-state index in [1.807, 2.05) is 17.5 Å². The summed E-state index contributed by atoms with van der Waals surface area (Å²) in [6.45, 7) is 11.1. The molecule has 1 nitrogen and oxygen atoms in total. The zero-order valence-corrected chi connectivity index (χ0v) is 12.6. The maximum absolute atomic E-state index is 4.59. The van der Waals surface area contributed by atoms with Crippen LogP contribution in [0, 0.1) is 6.92 Å². The fraction of sp³-hybridized carbons (Fsp3) is 0.438. The molecule has 0 spiro atoms. The van der Waals surface area contributed by atoms with E-state index < -0.39 is 0 Å². The second-order valence-corrected chi connectivity index (χ2v) is 6.53. The van der Waals surface area contributed by atoms with Crippen molar-refractivity contribution in [3.8, 4) is 10.6 Å². The van der Waals surface area contributed by atoms with E-state index in [-0.39, 0.29) is 0 Å². The Morgan fingerprint density at radius 1 is 1.06 bits per heavy atom. The van der Waals surface area contributed by atoms with Crippen LogP contribution >= 0.6 is 11.3 Å². The number of aryl methyl sites for hydroxylation is 1. The highest BCUT2D eigenvalue weighted by atomic mass is 32.1. The normalized spacial score (nSPS) is 11.5. The molecule has 2 aromatic rings. The summed E-state index contributed by atoms with van der Waals surface area (Å²) in [6.07, 6.45) is 2.00. The van der Waals surface area contributed by atoms with E-state index in [4.69, 9.17) is 0 Å². The molecule has 0 aliphatic rings. The van der Waals surface area contributed by atoms with E-state index in [2.05, 4.69) is 57.8 Å². The largest absolute Gasteiger partial charge is 0.255 e. The fourth-order valence-electron chi connectivity index (χ4n) is 2.09. The van der Waals surface area contributed by atoms with Gasteiger partial charge in [-0.2, -0.15) is 0 Å². The van der Waals surface area contributed by atoms with Crippen molar-refractivity contribution >= 4 is 11.3 Å². The molecule has 0 fully saturated rings. The highest BCUT2D eigenvalue weighted by Crippen LogP contribution is 2.34. The third kappa shape index (κ3) is 2.64. The van der Waals surface area contributed by atoms with E-state index in [1.54, 1.807) is 0 Å². The summed E-state index contributed by atoms with van der Waals surface area (Å²) in [5.41, 5.74) is 3.79. The van der Waals surface area contributed by atoms with Crippen LogP contribution in [0.15, 0.2) is 24.4 Å². The second-order valence-electron chi connectivity index (χ2n) is 5.44. The molecule has 2 rings (SSSR count). The van der Waals surface area contributed by atoms with Gasteiger partial charge < -0.3 is 0 Å². The van der Waals surface area contributed by atoms with Gasteiger partial charge in [0.15, 0.2) is 0 Å². The fourth-order valence-corrected chi connectivity index (χ4v) is 3.24. The van der Waals surface area contributed by atoms with Gasteiger partial charge in [-0.3, -0.25) is 4.98 Å². The maximum atomic E-state index is 4.59. The Kier molecular flexibility index (Phi) is 3.86. The summed E-state index contributed by atoms with van der Waals surface area (Å²) < 4.78 is 0. The minimum atomic E-state index is 0.544. The number of rotatable bonds is 3. The van der Waals surface area contributed by atoms with Gasteiger partial charge in [-0.1, -0.05) is 33.8 Å². The Bertz CT molecular complexity index is 521. The van der Waals surface area contributed by atoms with Crippen molar-refractivity contribution in [2.24, 2.45) is 0 Å². The van der Waals surface area contributed by atoms with Gasteiger partial charge in [0.1, 0.15) is 0 Å². The van der Waals surface area contributed by atoms with Crippen LogP contribution < -0.4 is 0 Å². The predicted molar refractivity (Wildman–Crippen MR) is 80.5 cm³/mol. The van der Waals surface area contributed by atoms with E-state index in [0.29, 0.717) is 11.8 Å². The zero-order valence-electron chi connectivity index (χ0n) is 11.8. The average molecular weight is 259 g/mol. The minimum Gasteiger partial charge on any atom is -0.255 e. The number of hydrogen-bond donors (Lipinski definition) is 0. The predicted octanol–water partition coefficient (Wildman–Crippen LogP) is 5.37. The topological polar surface area (TPSA) is 12.9 Å². The van der Waals surface area contributed by atoms with Gasteiger partial charge in [-0.25, -0.2) is 0 Å². The van der Waals surface area contributed by atoms with E-state index >= 15 is 0 Å². The second kappa shape index (κ2) is 5.23. The quantitative estimate of drug-likeness (QED) is 0.722. The molecule has 18 heavy (non-hydrogen) atoms. The number of aromatic nitrogens is 1. The molecular weight excluding hydrogens is 238 g/mol. The molecule has 2 aromatic heterocycles. The molecule has 0 aliphatic heterocycles. The van der Waals surface area contributed by atoms with Crippen LogP contribution in [-0.4, -0.2) is 4.98 Å². The van der Waals surface area contributed by atoms with Gasteiger partial charge in [-0.05, 0) is 42.0 Å². The molecule has 0 aromatic carbocycles. The van der Waals surface area contributed by atoms with Gasteiger partial charge in [-0.15, -0.1) is 11.3 Å². The smallest absolute Gasteiger partial charge is 0.0802 e. The molecule has 0 N–H and O–H groups in total.